The topological polar surface area (TPSA) is 37.4 Å². The fourth-order valence-electron chi connectivity index (χ4n) is 2.01. The van der Waals surface area contributed by atoms with Crippen LogP contribution in [-0.4, -0.2) is 14.7 Å². The van der Waals surface area contributed by atoms with Crippen LogP contribution >= 0.6 is 23.2 Å². The van der Waals surface area contributed by atoms with Gasteiger partial charge >= 0.3 is 0 Å². The Morgan fingerprint density at radius 3 is 2.14 bits per heavy atom. The molecule has 0 aliphatic rings. The zero-order valence-electron chi connectivity index (χ0n) is 11.7. The summed E-state index contributed by atoms with van der Waals surface area (Å²) in [6.45, 7) is 2.01. The summed E-state index contributed by atoms with van der Waals surface area (Å²) < 4.78 is 25.5. The molecule has 0 bridgehead atoms. The van der Waals surface area contributed by atoms with Crippen molar-refractivity contribution in [1.29, 1.82) is 0 Å². The van der Waals surface area contributed by atoms with Crippen molar-refractivity contribution < 1.29 is 8.42 Å². The van der Waals surface area contributed by atoms with Gasteiger partial charge in [0.15, 0.2) is 0 Å². The van der Waals surface area contributed by atoms with Crippen molar-refractivity contribution in [3.05, 3.63) is 63.6 Å². The number of sulfonamides is 1. The molecule has 0 amide bonds. The summed E-state index contributed by atoms with van der Waals surface area (Å²) >= 11 is 12.3. The molecule has 0 aliphatic heterocycles. The molecule has 3 nitrogen and oxygen atoms in total. The van der Waals surface area contributed by atoms with Crippen LogP contribution in [0.15, 0.2) is 42.5 Å². The van der Waals surface area contributed by atoms with E-state index in [-0.39, 0.29) is 6.54 Å². The molecule has 0 unspecified atom stereocenters. The first-order valence-corrected chi connectivity index (χ1v) is 8.87. The number of hydrogen-bond acceptors (Lipinski definition) is 2. The molecule has 112 valence electrons. The summed E-state index contributed by atoms with van der Waals surface area (Å²) in [6, 6.07) is 12.4. The van der Waals surface area contributed by atoms with Gasteiger partial charge in [-0.3, -0.25) is 4.31 Å². The fourth-order valence-corrected chi connectivity index (χ4v) is 3.39. The largest absolute Gasteiger partial charge is 0.266 e. The van der Waals surface area contributed by atoms with E-state index in [9.17, 15) is 8.42 Å². The highest BCUT2D eigenvalue weighted by molar-refractivity contribution is 7.92. The number of hydrogen-bond donors (Lipinski definition) is 0. The number of halogens is 2. The highest BCUT2D eigenvalue weighted by Crippen LogP contribution is 2.29. The van der Waals surface area contributed by atoms with Crippen LogP contribution in [0.2, 0.25) is 10.0 Å². The van der Waals surface area contributed by atoms with Gasteiger partial charge in [0, 0.05) is 15.6 Å². The van der Waals surface area contributed by atoms with E-state index in [1.54, 1.807) is 24.3 Å². The van der Waals surface area contributed by atoms with Gasteiger partial charge < -0.3 is 0 Å². The van der Waals surface area contributed by atoms with Crippen LogP contribution < -0.4 is 4.31 Å². The van der Waals surface area contributed by atoms with Crippen molar-refractivity contribution in [2.24, 2.45) is 0 Å². The number of aryl methyl sites for hydroxylation is 1. The summed E-state index contributed by atoms with van der Waals surface area (Å²) in [5.41, 5.74) is 2.16. The van der Waals surface area contributed by atoms with Gasteiger partial charge in [0.1, 0.15) is 0 Å². The molecule has 0 atom stereocenters. The van der Waals surface area contributed by atoms with Crippen LogP contribution in [0.1, 0.15) is 11.1 Å². The first-order chi connectivity index (χ1) is 9.79. The van der Waals surface area contributed by atoms with Crippen molar-refractivity contribution in [2.45, 2.75) is 13.5 Å². The van der Waals surface area contributed by atoms with Crippen molar-refractivity contribution in [3.8, 4) is 0 Å². The summed E-state index contributed by atoms with van der Waals surface area (Å²) in [7, 11) is -3.45. The molecule has 2 rings (SSSR count). The van der Waals surface area contributed by atoms with E-state index in [4.69, 9.17) is 23.2 Å². The Bertz CT molecular complexity index is 740. The number of anilines is 1. The van der Waals surface area contributed by atoms with Crippen LogP contribution in [-0.2, 0) is 16.6 Å². The molecular formula is C15H15Cl2NO2S. The van der Waals surface area contributed by atoms with Gasteiger partial charge in [0.05, 0.1) is 18.5 Å². The SMILES string of the molecule is Cc1cccc(N(Cc2c(Cl)cccc2Cl)S(C)(=O)=O)c1. The summed E-state index contributed by atoms with van der Waals surface area (Å²) in [5.74, 6) is 0. The molecule has 0 radical (unpaired) electrons. The second-order valence-corrected chi connectivity index (χ2v) is 7.53. The monoisotopic (exact) mass is 343 g/mol. The van der Waals surface area contributed by atoms with Gasteiger partial charge in [-0.25, -0.2) is 8.42 Å². The molecule has 0 fully saturated rings. The quantitative estimate of drug-likeness (QED) is 0.831. The third-order valence-corrected chi connectivity index (χ3v) is 4.90. The lowest BCUT2D eigenvalue weighted by molar-refractivity contribution is 0.596. The van der Waals surface area contributed by atoms with Crippen LogP contribution in [0.3, 0.4) is 0 Å². The second-order valence-electron chi connectivity index (χ2n) is 4.81. The maximum absolute atomic E-state index is 12.1. The van der Waals surface area contributed by atoms with Crippen molar-refractivity contribution in [1.82, 2.24) is 0 Å². The molecular weight excluding hydrogens is 329 g/mol. The van der Waals surface area contributed by atoms with E-state index in [2.05, 4.69) is 0 Å². The molecule has 2 aromatic rings. The highest BCUT2D eigenvalue weighted by atomic mass is 35.5. The predicted octanol–water partition coefficient (Wildman–Crippen LogP) is 4.27. The van der Waals surface area contributed by atoms with Gasteiger partial charge in [-0.1, -0.05) is 41.4 Å². The molecule has 0 aromatic heterocycles. The maximum Gasteiger partial charge on any atom is 0.232 e. The Balaban J connectivity index is 2.49. The van der Waals surface area contributed by atoms with Gasteiger partial charge in [0.25, 0.3) is 0 Å². The predicted molar refractivity (Wildman–Crippen MR) is 88.7 cm³/mol. The Hall–Kier alpha value is -1.23. The van der Waals surface area contributed by atoms with E-state index < -0.39 is 10.0 Å². The van der Waals surface area contributed by atoms with Crippen LogP contribution in [0.25, 0.3) is 0 Å². The first-order valence-electron chi connectivity index (χ1n) is 6.26. The lowest BCUT2D eigenvalue weighted by Gasteiger charge is -2.24. The first kappa shape index (κ1) is 16.1. The average molecular weight is 344 g/mol. The third-order valence-electron chi connectivity index (χ3n) is 3.05. The second kappa shape index (κ2) is 6.26. The van der Waals surface area contributed by atoms with Crippen molar-refractivity contribution >= 4 is 38.9 Å². The average Bonchev–Trinajstić information content (AvgIpc) is 2.36. The Morgan fingerprint density at radius 2 is 1.62 bits per heavy atom. The minimum atomic E-state index is -3.45. The standard InChI is InChI=1S/C15H15Cl2NO2S/c1-11-5-3-6-12(9-11)18(21(2,19)20)10-13-14(16)7-4-8-15(13)17/h3-9H,10H2,1-2H3. The van der Waals surface area contributed by atoms with Crippen LogP contribution in [0.5, 0.6) is 0 Å². The highest BCUT2D eigenvalue weighted by Gasteiger charge is 2.20. The molecule has 0 saturated carbocycles. The molecule has 0 aliphatic carbocycles. The molecule has 6 heteroatoms. The Morgan fingerprint density at radius 1 is 1.05 bits per heavy atom. The number of nitrogens with zero attached hydrogens (tertiary/aromatic N) is 1. The Labute approximate surface area is 135 Å². The third kappa shape index (κ3) is 3.90. The summed E-state index contributed by atoms with van der Waals surface area (Å²) in [4.78, 5) is 0. The molecule has 0 N–H and O–H groups in total. The van der Waals surface area contributed by atoms with E-state index in [1.807, 2.05) is 25.1 Å². The van der Waals surface area contributed by atoms with Crippen LogP contribution in [0.4, 0.5) is 5.69 Å². The van der Waals surface area contributed by atoms with Gasteiger partial charge in [-0.2, -0.15) is 0 Å². The van der Waals surface area contributed by atoms with E-state index in [0.29, 0.717) is 21.3 Å². The van der Waals surface area contributed by atoms with E-state index in [0.717, 1.165) is 5.56 Å². The van der Waals surface area contributed by atoms with Crippen molar-refractivity contribution in [2.75, 3.05) is 10.6 Å². The molecule has 0 saturated heterocycles. The van der Waals surface area contributed by atoms with Gasteiger partial charge in [0.2, 0.25) is 10.0 Å². The van der Waals surface area contributed by atoms with Gasteiger partial charge in [-0.05, 0) is 36.8 Å². The van der Waals surface area contributed by atoms with Crippen LogP contribution in [0, 0.1) is 6.92 Å². The minimum absolute atomic E-state index is 0.0980. The molecule has 0 spiro atoms. The molecule has 21 heavy (non-hydrogen) atoms. The fraction of sp³-hybridized carbons (Fsp3) is 0.200. The maximum atomic E-state index is 12.1. The smallest absolute Gasteiger partial charge is 0.232 e. The minimum Gasteiger partial charge on any atom is -0.266 e. The van der Waals surface area contributed by atoms with E-state index in [1.165, 1.54) is 10.6 Å². The lowest BCUT2D eigenvalue weighted by Crippen LogP contribution is -2.29. The zero-order valence-corrected chi connectivity index (χ0v) is 14.0. The molecule has 2 aromatic carbocycles. The lowest BCUT2D eigenvalue weighted by atomic mass is 10.2. The Kier molecular flexibility index (Phi) is 4.81. The molecule has 0 heterocycles. The zero-order chi connectivity index (χ0) is 15.6. The number of benzene rings is 2. The number of rotatable bonds is 4. The summed E-state index contributed by atoms with van der Waals surface area (Å²) in [5, 5.41) is 0.896. The van der Waals surface area contributed by atoms with E-state index >= 15 is 0 Å². The van der Waals surface area contributed by atoms with Gasteiger partial charge in [-0.15, -0.1) is 0 Å². The van der Waals surface area contributed by atoms with Crippen molar-refractivity contribution in [3.63, 3.8) is 0 Å². The summed E-state index contributed by atoms with van der Waals surface area (Å²) in [6.07, 6.45) is 1.17. The normalized spacial score (nSPS) is 11.4.